The molecule has 0 unspecified atom stereocenters. The van der Waals surface area contributed by atoms with Gasteiger partial charge in [0.1, 0.15) is 6.07 Å². The lowest BCUT2D eigenvalue weighted by Gasteiger charge is -2.05. The third-order valence-corrected chi connectivity index (χ3v) is 4.48. The van der Waals surface area contributed by atoms with Crippen LogP contribution in [-0.4, -0.2) is 42.3 Å². The summed E-state index contributed by atoms with van der Waals surface area (Å²) in [4.78, 5) is 40.9. The number of nitriles is 1. The first-order chi connectivity index (χ1) is 14.9. The average Bonchev–Trinajstić information content (AvgIpc) is 2.80. The van der Waals surface area contributed by atoms with Crippen LogP contribution in [0.2, 0.25) is 0 Å². The lowest BCUT2D eigenvalue weighted by atomic mass is 10.1. The largest absolute Gasteiger partial charge is 0.462 e. The van der Waals surface area contributed by atoms with E-state index in [1.807, 2.05) is 19.1 Å². The Hall–Kier alpha value is -3.48. The van der Waals surface area contributed by atoms with Gasteiger partial charge in [-0.2, -0.15) is 5.26 Å². The molecule has 162 valence electrons. The Bertz CT molecular complexity index is 963. The van der Waals surface area contributed by atoms with E-state index in [2.05, 4.69) is 9.99 Å². The number of aliphatic hydroxyl groups excluding tert-OH is 1. The fourth-order valence-electron chi connectivity index (χ4n) is 2.11. The van der Waals surface area contributed by atoms with Gasteiger partial charge in [0.25, 0.3) is 0 Å². The van der Waals surface area contributed by atoms with Crippen molar-refractivity contribution in [3.63, 3.8) is 0 Å². The van der Waals surface area contributed by atoms with Gasteiger partial charge in [-0.15, -0.1) is 0 Å². The van der Waals surface area contributed by atoms with Gasteiger partial charge in [0, 0.05) is 29.4 Å². The topological polar surface area (TPSA) is 126 Å². The van der Waals surface area contributed by atoms with Gasteiger partial charge in [0.2, 0.25) is 11.5 Å². The van der Waals surface area contributed by atoms with Gasteiger partial charge in [-0.05, 0) is 55.0 Å². The van der Waals surface area contributed by atoms with Crippen LogP contribution in [0.25, 0.3) is 0 Å². The van der Waals surface area contributed by atoms with Gasteiger partial charge in [-0.1, -0.05) is 23.8 Å². The van der Waals surface area contributed by atoms with Crippen molar-refractivity contribution in [3.8, 4) is 6.07 Å². The molecule has 31 heavy (non-hydrogen) atoms. The number of Topliss-reactive ketones (excluding diaryl/α,β-unsaturated/α-hetero) is 1. The highest BCUT2D eigenvalue weighted by Gasteiger charge is 2.15. The number of carbonyl (C=O) groups excluding carboxylic acids is 3. The van der Waals surface area contributed by atoms with Crippen molar-refractivity contribution in [2.75, 3.05) is 13.7 Å². The second-order valence-corrected chi connectivity index (χ2v) is 6.90. The van der Waals surface area contributed by atoms with Crippen molar-refractivity contribution >= 4 is 35.2 Å². The molecule has 0 saturated carbocycles. The minimum atomic E-state index is -0.720. The molecule has 2 rings (SSSR count). The summed E-state index contributed by atoms with van der Waals surface area (Å²) in [5, 5.41) is 19.3. The van der Waals surface area contributed by atoms with Crippen LogP contribution in [-0.2, 0) is 14.4 Å². The second-order valence-electron chi connectivity index (χ2n) is 5.75. The number of esters is 1. The van der Waals surface area contributed by atoms with Crippen LogP contribution in [0.1, 0.15) is 41.0 Å². The summed E-state index contributed by atoms with van der Waals surface area (Å²) in [5.41, 5.74) is 0.224. The fraction of sp³-hybridized carbons (Fsp3) is 0.227. The van der Waals surface area contributed by atoms with Crippen LogP contribution in [0.15, 0.2) is 63.5 Å². The van der Waals surface area contributed by atoms with Gasteiger partial charge in [-0.3, -0.25) is 4.79 Å². The van der Waals surface area contributed by atoms with Crippen LogP contribution < -0.4 is 0 Å². The van der Waals surface area contributed by atoms with Crippen molar-refractivity contribution in [3.05, 3.63) is 59.7 Å². The van der Waals surface area contributed by atoms with Crippen LogP contribution >= 0.6 is 11.8 Å². The minimum absolute atomic E-state index is 0.246. The summed E-state index contributed by atoms with van der Waals surface area (Å²) < 4.78 is 5.09. The van der Waals surface area contributed by atoms with Crippen molar-refractivity contribution in [1.29, 1.82) is 5.26 Å². The molecule has 0 aromatic heterocycles. The Kier molecular flexibility index (Phi) is 11.3. The molecule has 0 spiro atoms. The highest BCUT2D eigenvalue weighted by Crippen LogP contribution is 2.28. The molecule has 0 heterocycles. The zero-order chi connectivity index (χ0) is 23.2. The molecule has 2 aromatic carbocycles. The van der Waals surface area contributed by atoms with E-state index in [0.29, 0.717) is 12.2 Å². The highest BCUT2D eigenvalue weighted by molar-refractivity contribution is 7.99. The normalized spacial score (nSPS) is 10.2. The number of aliphatic hydroxyl groups is 1. The summed E-state index contributed by atoms with van der Waals surface area (Å²) in [6.07, 6.45) is 0.767. The quantitative estimate of drug-likeness (QED) is 0.216. The molecule has 0 saturated heterocycles. The maximum atomic E-state index is 12.2. The van der Waals surface area contributed by atoms with E-state index in [1.165, 1.54) is 11.8 Å². The number of hydrogen-bond donors (Lipinski definition) is 1. The van der Waals surface area contributed by atoms with Gasteiger partial charge in [0.15, 0.2) is 0 Å². The van der Waals surface area contributed by atoms with E-state index < -0.39 is 17.5 Å². The monoisotopic (exact) mass is 442 g/mol. The van der Waals surface area contributed by atoms with Crippen molar-refractivity contribution in [2.45, 2.75) is 30.1 Å². The van der Waals surface area contributed by atoms with Crippen LogP contribution in [0.5, 0.6) is 0 Å². The molecular formula is C22H22N2O6S. The molecule has 0 bridgehead atoms. The molecular weight excluding hydrogens is 420 g/mol. The number of hydrogen-bond acceptors (Lipinski definition) is 9. The predicted octanol–water partition coefficient (Wildman–Crippen LogP) is 3.64. The van der Waals surface area contributed by atoms with Gasteiger partial charge in [0.05, 0.1) is 12.2 Å². The standard InChI is InChI=1S/C21H18N2O5S.CH4O/c1-3-12-27-21(26)16-6-10-18(11-7-16)29-17-8-4-15(5-9-17)20(25)19(13-22)23-28-14(2)24;1-2/h4-11H,3,12H2,1-2H3;2H,1H3/b23-19+;. The molecule has 2 aromatic rings. The van der Waals surface area contributed by atoms with Gasteiger partial charge < -0.3 is 14.7 Å². The SMILES string of the molecule is CCCOC(=O)c1ccc(Sc2ccc(C(=O)/C(C#N)=N/OC(C)=O)cc2)cc1.CO. The van der Waals surface area contributed by atoms with Crippen LogP contribution in [0, 0.1) is 11.3 Å². The number of ether oxygens (including phenoxy) is 1. The zero-order valence-electron chi connectivity index (χ0n) is 17.3. The van der Waals surface area contributed by atoms with Gasteiger partial charge in [-0.25, -0.2) is 9.59 Å². The zero-order valence-corrected chi connectivity index (χ0v) is 18.1. The minimum Gasteiger partial charge on any atom is -0.462 e. The fourth-order valence-corrected chi connectivity index (χ4v) is 2.92. The van der Waals surface area contributed by atoms with E-state index in [-0.39, 0.29) is 11.5 Å². The number of ketones is 1. The Morgan fingerprint density at radius 1 is 1.00 bits per heavy atom. The third kappa shape index (κ3) is 8.42. The molecule has 0 aliphatic heterocycles. The number of benzene rings is 2. The molecule has 0 radical (unpaired) electrons. The summed E-state index contributed by atoms with van der Waals surface area (Å²) in [6, 6.07) is 15.2. The summed E-state index contributed by atoms with van der Waals surface area (Å²) >= 11 is 1.45. The molecule has 0 amide bonds. The van der Waals surface area contributed by atoms with Crippen molar-refractivity contribution in [2.24, 2.45) is 5.16 Å². The molecule has 0 aliphatic rings. The van der Waals surface area contributed by atoms with E-state index >= 15 is 0 Å². The van der Waals surface area contributed by atoms with E-state index in [9.17, 15) is 14.4 Å². The maximum Gasteiger partial charge on any atom is 0.338 e. The summed E-state index contributed by atoms with van der Waals surface area (Å²) in [6.45, 7) is 3.44. The molecule has 0 atom stereocenters. The van der Waals surface area contributed by atoms with E-state index in [0.717, 1.165) is 30.2 Å². The van der Waals surface area contributed by atoms with Crippen LogP contribution in [0.3, 0.4) is 0 Å². The Morgan fingerprint density at radius 2 is 1.52 bits per heavy atom. The first kappa shape index (κ1) is 25.6. The number of nitrogens with zero attached hydrogens (tertiary/aromatic N) is 2. The smallest absolute Gasteiger partial charge is 0.338 e. The second kappa shape index (κ2) is 13.7. The van der Waals surface area contributed by atoms with E-state index in [1.54, 1.807) is 42.5 Å². The lowest BCUT2D eigenvalue weighted by molar-refractivity contribution is -0.140. The molecule has 0 fully saturated rings. The van der Waals surface area contributed by atoms with E-state index in [4.69, 9.17) is 15.1 Å². The molecule has 0 aliphatic carbocycles. The number of oxime groups is 1. The molecule has 9 heteroatoms. The lowest BCUT2D eigenvalue weighted by Crippen LogP contribution is -2.13. The molecule has 1 N–H and O–H groups in total. The first-order valence-corrected chi connectivity index (χ1v) is 9.96. The Labute approximate surface area is 184 Å². The first-order valence-electron chi connectivity index (χ1n) is 9.14. The number of carbonyl (C=O) groups is 3. The van der Waals surface area contributed by atoms with Gasteiger partial charge >= 0.3 is 11.9 Å². The number of rotatable bonds is 8. The Morgan fingerprint density at radius 3 is 1.97 bits per heavy atom. The predicted molar refractivity (Wildman–Crippen MR) is 115 cm³/mol. The van der Waals surface area contributed by atoms with Crippen molar-refractivity contribution < 1.29 is 29.1 Å². The van der Waals surface area contributed by atoms with Crippen LogP contribution in [0.4, 0.5) is 0 Å². The third-order valence-electron chi connectivity index (χ3n) is 3.47. The summed E-state index contributed by atoms with van der Waals surface area (Å²) in [5.74, 6) is -1.71. The average molecular weight is 442 g/mol. The van der Waals surface area contributed by atoms with Crippen molar-refractivity contribution in [1.82, 2.24) is 0 Å². The molecule has 8 nitrogen and oxygen atoms in total. The maximum absolute atomic E-state index is 12.2. The Balaban J connectivity index is 0.00000233. The highest BCUT2D eigenvalue weighted by atomic mass is 32.2. The summed E-state index contributed by atoms with van der Waals surface area (Å²) in [7, 11) is 1.00.